The quantitative estimate of drug-likeness (QED) is 0.124. The summed E-state index contributed by atoms with van der Waals surface area (Å²) in [7, 11) is 0. The molecule has 2 aliphatic rings. The number of hydrogen-bond donors (Lipinski definition) is 0. The van der Waals surface area contributed by atoms with Gasteiger partial charge < -0.3 is 0 Å². The maximum absolute atomic E-state index is 2.45. The number of benzene rings is 12. The molecular formula is C56H30. The van der Waals surface area contributed by atoms with Gasteiger partial charge in [-0.15, -0.1) is 0 Å². The first-order valence-electron chi connectivity index (χ1n) is 19.7. The lowest BCUT2D eigenvalue weighted by atomic mass is 9.82. The Hall–Kier alpha value is -7.28. The topological polar surface area (TPSA) is 0 Å². The van der Waals surface area contributed by atoms with Crippen molar-refractivity contribution in [3.63, 3.8) is 0 Å². The molecule has 0 heterocycles. The van der Waals surface area contributed by atoms with Crippen LogP contribution in [0, 0.1) is 0 Å². The van der Waals surface area contributed by atoms with Crippen LogP contribution in [-0.4, -0.2) is 0 Å². The number of fused-ring (bicyclic) bond motifs is 11. The predicted octanol–water partition coefficient (Wildman–Crippen LogP) is 15.8. The summed E-state index contributed by atoms with van der Waals surface area (Å²) in [5.74, 6) is 0. The van der Waals surface area contributed by atoms with Gasteiger partial charge in [0.2, 0.25) is 0 Å². The third-order valence-electron chi connectivity index (χ3n) is 13.2. The molecule has 0 amide bonds. The first kappa shape index (κ1) is 29.1. The molecule has 0 aromatic heterocycles. The SMILES string of the molecule is c1ccc(-c2c3c(c(-c4ccccc4)c4cc5ccccc5cc24)-c2ccc4c5ccc6c7c(ccc(c8ccc-3c2c84)c75)-c2cc3ccccc3cc2-6)cc1. The summed E-state index contributed by atoms with van der Waals surface area (Å²) >= 11 is 0. The molecule has 0 fully saturated rings. The summed E-state index contributed by atoms with van der Waals surface area (Å²) in [6.07, 6.45) is 0. The van der Waals surface area contributed by atoms with Gasteiger partial charge in [-0.3, -0.25) is 0 Å². The molecule has 0 bridgehead atoms. The maximum Gasteiger partial charge on any atom is -0.000740 e. The van der Waals surface area contributed by atoms with Crippen LogP contribution in [0.1, 0.15) is 0 Å². The van der Waals surface area contributed by atoms with E-state index < -0.39 is 0 Å². The van der Waals surface area contributed by atoms with Crippen LogP contribution < -0.4 is 0 Å². The molecule has 0 N–H and O–H groups in total. The van der Waals surface area contributed by atoms with Gasteiger partial charge in [-0.1, -0.05) is 158 Å². The second-order valence-corrected chi connectivity index (χ2v) is 15.9. The van der Waals surface area contributed by atoms with Crippen molar-refractivity contribution in [2.45, 2.75) is 0 Å². The van der Waals surface area contributed by atoms with E-state index in [-0.39, 0.29) is 0 Å². The molecule has 0 spiro atoms. The summed E-state index contributed by atoms with van der Waals surface area (Å²) in [6, 6.07) is 68.8. The lowest BCUT2D eigenvalue weighted by molar-refractivity contribution is 1.63. The largest absolute Gasteiger partial charge is 0.0622 e. The third-order valence-corrected chi connectivity index (χ3v) is 13.2. The van der Waals surface area contributed by atoms with E-state index >= 15 is 0 Å². The Kier molecular flexibility index (Phi) is 5.34. The molecule has 0 saturated heterocycles. The summed E-state index contributed by atoms with van der Waals surface area (Å²) in [6.45, 7) is 0. The van der Waals surface area contributed by atoms with E-state index in [9.17, 15) is 0 Å². The maximum atomic E-state index is 2.45. The minimum absolute atomic E-state index is 1.25. The molecule has 14 rings (SSSR count). The monoisotopic (exact) mass is 702 g/mol. The predicted molar refractivity (Wildman–Crippen MR) is 240 cm³/mol. The Morgan fingerprint density at radius 2 is 0.536 bits per heavy atom. The van der Waals surface area contributed by atoms with Crippen molar-refractivity contribution in [3.8, 4) is 66.8 Å². The highest BCUT2D eigenvalue weighted by Crippen LogP contribution is 2.61. The van der Waals surface area contributed by atoms with Crippen LogP contribution >= 0.6 is 0 Å². The van der Waals surface area contributed by atoms with Gasteiger partial charge in [0.05, 0.1) is 0 Å². The van der Waals surface area contributed by atoms with Crippen molar-refractivity contribution in [3.05, 3.63) is 182 Å². The lowest BCUT2D eigenvalue weighted by Gasteiger charge is -2.21. The van der Waals surface area contributed by atoms with Gasteiger partial charge in [-0.2, -0.15) is 0 Å². The van der Waals surface area contributed by atoms with Crippen molar-refractivity contribution >= 4 is 75.4 Å². The van der Waals surface area contributed by atoms with Crippen LogP contribution in [0.3, 0.4) is 0 Å². The second kappa shape index (κ2) is 10.3. The zero-order valence-electron chi connectivity index (χ0n) is 30.3. The highest BCUT2D eigenvalue weighted by molar-refractivity contribution is 6.41. The van der Waals surface area contributed by atoms with Gasteiger partial charge in [0, 0.05) is 0 Å². The van der Waals surface area contributed by atoms with E-state index in [2.05, 4.69) is 182 Å². The van der Waals surface area contributed by atoms with Crippen LogP contribution in [0.5, 0.6) is 0 Å². The zero-order chi connectivity index (χ0) is 36.2. The van der Waals surface area contributed by atoms with E-state index in [0.29, 0.717) is 0 Å². The Bertz CT molecular complexity index is 3480. The van der Waals surface area contributed by atoms with Crippen molar-refractivity contribution < 1.29 is 0 Å². The summed E-state index contributed by atoms with van der Waals surface area (Å²) in [5, 5.41) is 18.6. The van der Waals surface area contributed by atoms with Crippen LogP contribution in [-0.2, 0) is 0 Å². The summed E-state index contributed by atoms with van der Waals surface area (Å²) < 4.78 is 0. The van der Waals surface area contributed by atoms with Crippen LogP contribution in [0.15, 0.2) is 182 Å². The van der Waals surface area contributed by atoms with Crippen molar-refractivity contribution in [2.24, 2.45) is 0 Å². The number of hydrogen-bond acceptors (Lipinski definition) is 0. The lowest BCUT2D eigenvalue weighted by Crippen LogP contribution is -1.94. The molecular weight excluding hydrogens is 673 g/mol. The first-order chi connectivity index (χ1) is 27.8. The van der Waals surface area contributed by atoms with Crippen LogP contribution in [0.4, 0.5) is 0 Å². The fourth-order valence-electron chi connectivity index (χ4n) is 11.0. The molecule has 2 aliphatic carbocycles. The Balaban J connectivity index is 1.15. The fourth-order valence-corrected chi connectivity index (χ4v) is 11.0. The highest BCUT2D eigenvalue weighted by atomic mass is 14.4. The normalized spacial score (nSPS) is 12.6. The second-order valence-electron chi connectivity index (χ2n) is 15.9. The fraction of sp³-hybridized carbons (Fsp3) is 0. The first-order valence-corrected chi connectivity index (χ1v) is 19.7. The third kappa shape index (κ3) is 3.51. The molecule has 0 atom stereocenters. The minimum Gasteiger partial charge on any atom is -0.0622 e. The Labute approximate surface area is 322 Å². The molecule has 0 heteroatoms. The average Bonchev–Trinajstić information content (AvgIpc) is 3.76. The molecule has 0 aliphatic heterocycles. The van der Waals surface area contributed by atoms with Gasteiger partial charge >= 0.3 is 0 Å². The van der Waals surface area contributed by atoms with E-state index in [1.165, 1.54) is 142 Å². The Morgan fingerprint density at radius 3 is 0.946 bits per heavy atom. The minimum atomic E-state index is 1.25. The number of rotatable bonds is 2. The molecule has 0 radical (unpaired) electrons. The van der Waals surface area contributed by atoms with Gasteiger partial charge in [-0.25, -0.2) is 0 Å². The summed E-state index contributed by atoms with van der Waals surface area (Å²) in [4.78, 5) is 0. The van der Waals surface area contributed by atoms with E-state index in [1.54, 1.807) is 0 Å². The summed E-state index contributed by atoms with van der Waals surface area (Å²) in [5.41, 5.74) is 15.9. The highest BCUT2D eigenvalue weighted by Gasteiger charge is 2.33. The van der Waals surface area contributed by atoms with Crippen molar-refractivity contribution in [2.75, 3.05) is 0 Å². The molecule has 12 aromatic carbocycles. The Morgan fingerprint density at radius 1 is 0.196 bits per heavy atom. The molecule has 0 nitrogen and oxygen atoms in total. The molecule has 0 saturated carbocycles. The molecule has 0 unspecified atom stereocenters. The molecule has 56 heavy (non-hydrogen) atoms. The van der Waals surface area contributed by atoms with E-state index in [4.69, 9.17) is 0 Å². The van der Waals surface area contributed by atoms with Gasteiger partial charge in [0.1, 0.15) is 0 Å². The van der Waals surface area contributed by atoms with Crippen molar-refractivity contribution in [1.29, 1.82) is 0 Å². The molecule has 12 aromatic rings. The van der Waals surface area contributed by atoms with Gasteiger partial charge in [0.15, 0.2) is 0 Å². The van der Waals surface area contributed by atoms with Gasteiger partial charge in [0.25, 0.3) is 0 Å². The molecule has 254 valence electrons. The average molecular weight is 703 g/mol. The standard InChI is InChI=1S/C56H30/c1-3-11-31(12-4-1)49-47-29-35-17-9-10-18-36(35)30-48(47)50(32-13-5-2-6-14-32)56-44-26-24-40-38-20-22-42-46-28-34-16-8-7-15-33(34)27-45(46)41-21-19-37(51(38)53(41)42)39-23-25-43(55(49)56)54(44)52(39)40/h1-30H. The van der Waals surface area contributed by atoms with Gasteiger partial charge in [-0.05, 0) is 166 Å². The van der Waals surface area contributed by atoms with Crippen molar-refractivity contribution in [1.82, 2.24) is 0 Å². The zero-order valence-corrected chi connectivity index (χ0v) is 30.3. The van der Waals surface area contributed by atoms with Crippen LogP contribution in [0.2, 0.25) is 0 Å². The van der Waals surface area contributed by atoms with E-state index in [0.717, 1.165) is 0 Å². The smallest absolute Gasteiger partial charge is 0.000740 e. The van der Waals surface area contributed by atoms with Crippen LogP contribution in [0.25, 0.3) is 142 Å². The van der Waals surface area contributed by atoms with E-state index in [1.807, 2.05) is 0 Å².